The predicted octanol–water partition coefficient (Wildman–Crippen LogP) is 4.72. The first-order valence-electron chi connectivity index (χ1n) is 7.98. The van der Waals surface area contributed by atoms with E-state index in [4.69, 9.17) is 0 Å². The minimum Gasteiger partial charge on any atom is -0.357 e. The number of fused-ring (bicyclic) bond motifs is 3. The summed E-state index contributed by atoms with van der Waals surface area (Å²) in [4.78, 5) is 20.3. The van der Waals surface area contributed by atoms with Gasteiger partial charge in [-0.15, -0.1) is 0 Å². The van der Waals surface area contributed by atoms with Gasteiger partial charge >= 0.3 is 0 Å². The van der Waals surface area contributed by atoms with Gasteiger partial charge in [-0.05, 0) is 43.7 Å². The molecule has 0 aliphatic heterocycles. The second-order valence-electron chi connectivity index (χ2n) is 6.17. The number of nitrogens with one attached hydrogen (secondary N) is 2. The zero-order valence-electron chi connectivity index (χ0n) is 13.9. The zero-order valence-corrected chi connectivity index (χ0v) is 13.9. The lowest BCUT2D eigenvalue weighted by molar-refractivity contribution is 0.102. The Kier molecular flexibility index (Phi) is 3.50. The van der Waals surface area contributed by atoms with Gasteiger partial charge in [0.2, 0.25) is 0 Å². The van der Waals surface area contributed by atoms with E-state index in [9.17, 15) is 9.18 Å². The van der Waals surface area contributed by atoms with Gasteiger partial charge in [-0.1, -0.05) is 24.3 Å². The number of aromatic amines is 1. The molecule has 4 aromatic rings. The van der Waals surface area contributed by atoms with Crippen LogP contribution in [0.25, 0.3) is 21.8 Å². The Labute approximate surface area is 143 Å². The van der Waals surface area contributed by atoms with Crippen LogP contribution in [0.3, 0.4) is 0 Å². The summed E-state index contributed by atoms with van der Waals surface area (Å²) in [5.74, 6) is -0.713. The van der Waals surface area contributed by atoms with Crippen LogP contribution in [0.4, 0.5) is 10.1 Å². The number of carbonyl (C=O) groups excluding carboxylic acids is 1. The third-order valence-corrected chi connectivity index (χ3v) is 4.26. The van der Waals surface area contributed by atoms with Crippen molar-refractivity contribution in [2.24, 2.45) is 0 Å². The summed E-state index contributed by atoms with van der Waals surface area (Å²) in [6.07, 6.45) is 0. The number of hydrogen-bond donors (Lipinski definition) is 2. The van der Waals surface area contributed by atoms with Crippen LogP contribution in [-0.4, -0.2) is 15.9 Å². The highest BCUT2D eigenvalue weighted by molar-refractivity contribution is 6.10. The molecule has 2 heterocycles. The fraction of sp³-hybridized carbons (Fsp3) is 0.100. The largest absolute Gasteiger partial charge is 0.357 e. The molecule has 0 saturated heterocycles. The number of aromatic nitrogens is 2. The third kappa shape index (κ3) is 2.74. The lowest BCUT2D eigenvalue weighted by Crippen LogP contribution is -2.12. The molecular formula is C20H16FN3O. The molecule has 124 valence electrons. The summed E-state index contributed by atoms with van der Waals surface area (Å²) in [7, 11) is 0. The van der Waals surface area contributed by atoms with Crippen molar-refractivity contribution < 1.29 is 9.18 Å². The SMILES string of the molecule is Cc1ccc2ccc3cc(C(=O)Nc4ccc(C)c(F)c4)nc3c2[nH]1. The van der Waals surface area contributed by atoms with Crippen LogP contribution in [0.1, 0.15) is 21.7 Å². The van der Waals surface area contributed by atoms with Crippen LogP contribution >= 0.6 is 0 Å². The number of amides is 1. The molecule has 4 rings (SSSR count). The van der Waals surface area contributed by atoms with Gasteiger partial charge in [-0.25, -0.2) is 9.37 Å². The van der Waals surface area contributed by atoms with E-state index in [1.807, 2.05) is 31.2 Å². The summed E-state index contributed by atoms with van der Waals surface area (Å²) in [6, 6.07) is 14.3. The van der Waals surface area contributed by atoms with Crippen LogP contribution in [-0.2, 0) is 0 Å². The van der Waals surface area contributed by atoms with Crippen LogP contribution < -0.4 is 5.32 Å². The molecule has 0 bridgehead atoms. The van der Waals surface area contributed by atoms with Crippen molar-refractivity contribution in [3.63, 3.8) is 0 Å². The number of aryl methyl sites for hydroxylation is 2. The quantitative estimate of drug-likeness (QED) is 0.557. The molecule has 0 aliphatic carbocycles. The lowest BCUT2D eigenvalue weighted by Gasteiger charge is -2.04. The number of pyridine rings is 1. The fourth-order valence-electron chi connectivity index (χ4n) is 2.87. The first-order valence-corrected chi connectivity index (χ1v) is 7.98. The fourth-order valence-corrected chi connectivity index (χ4v) is 2.87. The van der Waals surface area contributed by atoms with Crippen molar-refractivity contribution in [3.8, 4) is 0 Å². The van der Waals surface area contributed by atoms with Gasteiger partial charge in [0.05, 0.1) is 11.0 Å². The van der Waals surface area contributed by atoms with Crippen LogP contribution in [0.5, 0.6) is 0 Å². The van der Waals surface area contributed by atoms with E-state index in [-0.39, 0.29) is 11.7 Å². The van der Waals surface area contributed by atoms with E-state index in [0.29, 0.717) is 16.9 Å². The van der Waals surface area contributed by atoms with Gasteiger partial charge < -0.3 is 10.3 Å². The molecule has 4 nitrogen and oxygen atoms in total. The van der Waals surface area contributed by atoms with Crippen LogP contribution in [0.2, 0.25) is 0 Å². The minimum atomic E-state index is -0.361. The van der Waals surface area contributed by atoms with Gasteiger partial charge in [0.15, 0.2) is 0 Å². The Morgan fingerprint density at radius 1 is 1.04 bits per heavy atom. The molecule has 0 radical (unpaired) electrons. The van der Waals surface area contributed by atoms with Gasteiger partial charge in [0, 0.05) is 22.2 Å². The maximum atomic E-state index is 13.6. The van der Waals surface area contributed by atoms with Crippen LogP contribution in [0.15, 0.2) is 48.5 Å². The molecule has 1 amide bonds. The van der Waals surface area contributed by atoms with Gasteiger partial charge in [-0.3, -0.25) is 4.79 Å². The number of halogens is 1. The highest BCUT2D eigenvalue weighted by Gasteiger charge is 2.14. The Morgan fingerprint density at radius 2 is 1.80 bits per heavy atom. The second kappa shape index (κ2) is 5.70. The van der Waals surface area contributed by atoms with E-state index in [1.54, 1.807) is 25.1 Å². The monoisotopic (exact) mass is 333 g/mol. The smallest absolute Gasteiger partial charge is 0.274 e. The average molecular weight is 333 g/mol. The van der Waals surface area contributed by atoms with Crippen molar-refractivity contribution >= 4 is 33.4 Å². The Morgan fingerprint density at radius 3 is 2.60 bits per heavy atom. The highest BCUT2D eigenvalue weighted by atomic mass is 19.1. The number of carbonyl (C=O) groups is 1. The summed E-state index contributed by atoms with van der Waals surface area (Å²) < 4.78 is 13.6. The van der Waals surface area contributed by atoms with Crippen molar-refractivity contribution in [2.45, 2.75) is 13.8 Å². The van der Waals surface area contributed by atoms with Gasteiger partial charge in [0.1, 0.15) is 11.5 Å². The first kappa shape index (κ1) is 15.3. The summed E-state index contributed by atoms with van der Waals surface area (Å²) in [5.41, 5.74) is 3.92. The molecule has 2 N–H and O–H groups in total. The molecule has 2 aromatic carbocycles. The Hall–Kier alpha value is -3.21. The van der Waals surface area contributed by atoms with Crippen molar-refractivity contribution in [2.75, 3.05) is 5.32 Å². The minimum absolute atomic E-state index is 0.304. The van der Waals surface area contributed by atoms with Crippen molar-refractivity contribution in [1.29, 1.82) is 0 Å². The topological polar surface area (TPSA) is 57.8 Å². The number of anilines is 1. The average Bonchev–Trinajstić information content (AvgIpc) is 3.03. The molecule has 0 spiro atoms. The zero-order chi connectivity index (χ0) is 17.6. The summed E-state index contributed by atoms with van der Waals surface area (Å²) in [6.45, 7) is 3.65. The summed E-state index contributed by atoms with van der Waals surface area (Å²) in [5, 5.41) is 4.61. The number of nitrogens with zero attached hydrogens (tertiary/aromatic N) is 1. The number of benzene rings is 2. The Bertz CT molecular complexity index is 1130. The van der Waals surface area contributed by atoms with Gasteiger partial charge in [0.25, 0.3) is 5.91 Å². The van der Waals surface area contributed by atoms with Crippen LogP contribution in [0, 0.1) is 19.7 Å². The normalized spacial score (nSPS) is 11.2. The van der Waals surface area contributed by atoms with E-state index < -0.39 is 0 Å². The molecular weight excluding hydrogens is 317 g/mol. The molecule has 0 fully saturated rings. The molecule has 25 heavy (non-hydrogen) atoms. The van der Waals surface area contributed by atoms with E-state index >= 15 is 0 Å². The first-order chi connectivity index (χ1) is 12.0. The summed E-state index contributed by atoms with van der Waals surface area (Å²) >= 11 is 0. The maximum Gasteiger partial charge on any atom is 0.274 e. The maximum absolute atomic E-state index is 13.6. The van der Waals surface area contributed by atoms with Crippen molar-refractivity contribution in [3.05, 3.63) is 71.3 Å². The third-order valence-electron chi connectivity index (χ3n) is 4.26. The molecule has 0 unspecified atom stereocenters. The standard InChI is InChI=1S/C20H16FN3O/c1-11-3-8-15(10-16(11)21)23-20(25)17-9-14-7-6-13-5-4-12(2)22-18(13)19(14)24-17/h3-10,22H,1-2H3,(H,23,25). The molecule has 0 atom stereocenters. The lowest BCUT2D eigenvalue weighted by atomic mass is 10.1. The number of H-pyrrole nitrogens is 1. The second-order valence-corrected chi connectivity index (χ2v) is 6.17. The number of hydrogen-bond acceptors (Lipinski definition) is 2. The van der Waals surface area contributed by atoms with Crippen molar-refractivity contribution in [1.82, 2.24) is 9.97 Å². The molecule has 5 heteroatoms. The Balaban J connectivity index is 1.73. The molecule has 0 aliphatic rings. The molecule has 2 aromatic heterocycles. The number of rotatable bonds is 2. The highest BCUT2D eigenvalue weighted by Crippen LogP contribution is 2.25. The van der Waals surface area contributed by atoms with Gasteiger partial charge in [-0.2, -0.15) is 0 Å². The van der Waals surface area contributed by atoms with E-state index in [1.165, 1.54) is 6.07 Å². The predicted molar refractivity (Wildman–Crippen MR) is 97.4 cm³/mol. The van der Waals surface area contributed by atoms with E-state index in [0.717, 1.165) is 27.5 Å². The van der Waals surface area contributed by atoms with E-state index in [2.05, 4.69) is 15.3 Å². The molecule has 0 saturated carbocycles.